The van der Waals surface area contributed by atoms with E-state index in [1.807, 2.05) is 6.07 Å². The van der Waals surface area contributed by atoms with Crippen LogP contribution < -0.4 is 14.8 Å². The van der Waals surface area contributed by atoms with Gasteiger partial charge in [-0.15, -0.1) is 0 Å². The molecule has 2 heterocycles. The molecule has 15 heavy (non-hydrogen) atoms. The molecule has 80 valence electrons. The Balaban J connectivity index is 1.75. The first-order valence-electron chi connectivity index (χ1n) is 5.54. The third kappa shape index (κ3) is 1.79. The van der Waals surface area contributed by atoms with Crippen LogP contribution in [0.15, 0.2) is 18.2 Å². The van der Waals surface area contributed by atoms with E-state index >= 15 is 0 Å². The summed E-state index contributed by atoms with van der Waals surface area (Å²) in [5.41, 5.74) is 1.33. The summed E-state index contributed by atoms with van der Waals surface area (Å²) in [6, 6.07) is 6.88. The van der Waals surface area contributed by atoms with E-state index in [0.29, 0.717) is 12.8 Å². The van der Waals surface area contributed by atoms with Gasteiger partial charge in [-0.25, -0.2) is 0 Å². The maximum absolute atomic E-state index is 5.36. The van der Waals surface area contributed by atoms with E-state index in [1.54, 1.807) is 0 Å². The van der Waals surface area contributed by atoms with Gasteiger partial charge < -0.3 is 14.8 Å². The Kier molecular flexibility index (Phi) is 2.25. The molecule has 0 bridgehead atoms. The Morgan fingerprint density at radius 2 is 2.20 bits per heavy atom. The van der Waals surface area contributed by atoms with Crippen molar-refractivity contribution in [1.82, 2.24) is 5.32 Å². The number of rotatable bonds is 2. The van der Waals surface area contributed by atoms with Gasteiger partial charge in [0.05, 0.1) is 0 Å². The topological polar surface area (TPSA) is 30.5 Å². The van der Waals surface area contributed by atoms with E-state index in [2.05, 4.69) is 17.4 Å². The molecule has 0 saturated carbocycles. The van der Waals surface area contributed by atoms with E-state index < -0.39 is 0 Å². The molecule has 0 aromatic heterocycles. The van der Waals surface area contributed by atoms with Crippen LogP contribution in [0.3, 0.4) is 0 Å². The summed E-state index contributed by atoms with van der Waals surface area (Å²) in [6.45, 7) is 1.52. The van der Waals surface area contributed by atoms with Gasteiger partial charge in [0.25, 0.3) is 0 Å². The molecule has 2 aliphatic rings. The molecule has 0 spiro atoms. The molecule has 0 unspecified atom stereocenters. The zero-order valence-corrected chi connectivity index (χ0v) is 8.66. The molecule has 3 rings (SSSR count). The highest BCUT2D eigenvalue weighted by Gasteiger charge is 2.17. The van der Waals surface area contributed by atoms with Crippen LogP contribution in [-0.4, -0.2) is 19.4 Å². The molecule has 0 radical (unpaired) electrons. The predicted octanol–water partition coefficient (Wildman–Crippen LogP) is 1.71. The van der Waals surface area contributed by atoms with Gasteiger partial charge in [-0.1, -0.05) is 6.07 Å². The van der Waals surface area contributed by atoms with Crippen LogP contribution in [0.1, 0.15) is 18.4 Å². The summed E-state index contributed by atoms with van der Waals surface area (Å²) in [5, 5.41) is 3.50. The minimum absolute atomic E-state index is 0.362. The molecule has 1 N–H and O–H groups in total. The number of fused-ring (bicyclic) bond motifs is 1. The van der Waals surface area contributed by atoms with E-state index in [4.69, 9.17) is 9.47 Å². The second kappa shape index (κ2) is 3.74. The fourth-order valence-electron chi connectivity index (χ4n) is 2.28. The first-order chi connectivity index (χ1) is 7.42. The lowest BCUT2D eigenvalue weighted by Crippen LogP contribution is -2.23. The lowest BCUT2D eigenvalue weighted by atomic mass is 10.0. The highest BCUT2D eigenvalue weighted by atomic mass is 16.7. The van der Waals surface area contributed by atoms with Crippen molar-refractivity contribution >= 4 is 0 Å². The molecule has 3 nitrogen and oxygen atoms in total. The summed E-state index contributed by atoms with van der Waals surface area (Å²) >= 11 is 0. The Bertz CT molecular complexity index is 359. The van der Waals surface area contributed by atoms with Crippen LogP contribution in [0.2, 0.25) is 0 Å². The lowest BCUT2D eigenvalue weighted by molar-refractivity contribution is 0.174. The Morgan fingerprint density at radius 1 is 1.27 bits per heavy atom. The third-order valence-corrected chi connectivity index (χ3v) is 3.08. The van der Waals surface area contributed by atoms with Crippen LogP contribution >= 0.6 is 0 Å². The van der Waals surface area contributed by atoms with Crippen molar-refractivity contribution < 1.29 is 9.47 Å². The number of hydrogen-bond acceptors (Lipinski definition) is 3. The zero-order chi connectivity index (χ0) is 10.1. The second-order valence-corrected chi connectivity index (χ2v) is 4.19. The fourth-order valence-corrected chi connectivity index (χ4v) is 2.28. The highest BCUT2D eigenvalue weighted by molar-refractivity contribution is 5.44. The predicted molar refractivity (Wildman–Crippen MR) is 57.3 cm³/mol. The van der Waals surface area contributed by atoms with Crippen LogP contribution in [0.4, 0.5) is 0 Å². The monoisotopic (exact) mass is 205 g/mol. The van der Waals surface area contributed by atoms with Gasteiger partial charge in [-0.3, -0.25) is 0 Å². The lowest BCUT2D eigenvalue weighted by Gasteiger charge is -2.10. The number of hydrogen-bond donors (Lipinski definition) is 1. The van der Waals surface area contributed by atoms with Crippen LogP contribution in [0, 0.1) is 0 Å². The van der Waals surface area contributed by atoms with Crippen molar-refractivity contribution in [3.8, 4) is 11.5 Å². The normalized spacial score (nSPS) is 23.3. The molecule has 1 aromatic rings. The van der Waals surface area contributed by atoms with E-state index in [9.17, 15) is 0 Å². The maximum Gasteiger partial charge on any atom is 0.231 e. The number of benzene rings is 1. The minimum Gasteiger partial charge on any atom is -0.454 e. The Hall–Kier alpha value is -1.22. The number of ether oxygens (including phenoxy) is 2. The van der Waals surface area contributed by atoms with Crippen LogP contribution in [-0.2, 0) is 6.42 Å². The number of nitrogens with one attached hydrogen (secondary N) is 1. The van der Waals surface area contributed by atoms with Gasteiger partial charge in [0.1, 0.15) is 0 Å². The highest BCUT2D eigenvalue weighted by Crippen LogP contribution is 2.33. The SMILES string of the molecule is c1cc2c(cc1C[C@@H]1CCCN1)OCO2. The Morgan fingerprint density at radius 3 is 3.07 bits per heavy atom. The van der Waals surface area contributed by atoms with Crippen molar-refractivity contribution in [3.05, 3.63) is 23.8 Å². The van der Waals surface area contributed by atoms with Gasteiger partial charge in [-0.2, -0.15) is 0 Å². The van der Waals surface area contributed by atoms with Gasteiger partial charge in [-0.05, 0) is 43.5 Å². The summed E-state index contributed by atoms with van der Waals surface area (Å²) in [7, 11) is 0. The smallest absolute Gasteiger partial charge is 0.231 e. The third-order valence-electron chi connectivity index (χ3n) is 3.08. The zero-order valence-electron chi connectivity index (χ0n) is 8.66. The van der Waals surface area contributed by atoms with Gasteiger partial charge >= 0.3 is 0 Å². The average Bonchev–Trinajstić information content (AvgIpc) is 2.87. The van der Waals surface area contributed by atoms with Crippen molar-refractivity contribution in [2.45, 2.75) is 25.3 Å². The first-order valence-corrected chi connectivity index (χ1v) is 5.54. The van der Waals surface area contributed by atoms with E-state index in [1.165, 1.54) is 18.4 Å². The van der Waals surface area contributed by atoms with Gasteiger partial charge in [0.15, 0.2) is 11.5 Å². The maximum atomic E-state index is 5.36. The molecule has 1 atom stereocenters. The molecule has 1 fully saturated rings. The summed E-state index contributed by atoms with van der Waals surface area (Å²) in [5.74, 6) is 1.77. The quantitative estimate of drug-likeness (QED) is 0.797. The Labute approximate surface area is 89.4 Å². The summed E-state index contributed by atoms with van der Waals surface area (Å²) in [4.78, 5) is 0. The second-order valence-electron chi connectivity index (χ2n) is 4.19. The largest absolute Gasteiger partial charge is 0.454 e. The molecule has 3 heteroatoms. The van der Waals surface area contributed by atoms with E-state index in [0.717, 1.165) is 24.5 Å². The fraction of sp³-hybridized carbons (Fsp3) is 0.500. The summed E-state index contributed by atoms with van der Waals surface area (Å²) < 4.78 is 10.6. The van der Waals surface area contributed by atoms with Crippen molar-refractivity contribution in [1.29, 1.82) is 0 Å². The van der Waals surface area contributed by atoms with Gasteiger partial charge in [0, 0.05) is 6.04 Å². The molecular formula is C12H15NO2. The molecule has 1 aromatic carbocycles. The molecule has 2 aliphatic heterocycles. The molecule has 1 saturated heterocycles. The van der Waals surface area contributed by atoms with Crippen molar-refractivity contribution in [2.75, 3.05) is 13.3 Å². The average molecular weight is 205 g/mol. The first kappa shape index (κ1) is 9.04. The van der Waals surface area contributed by atoms with Gasteiger partial charge in [0.2, 0.25) is 6.79 Å². The molecular weight excluding hydrogens is 190 g/mol. The van der Waals surface area contributed by atoms with E-state index in [-0.39, 0.29) is 0 Å². The molecule has 0 aliphatic carbocycles. The van der Waals surface area contributed by atoms with Crippen LogP contribution in [0.25, 0.3) is 0 Å². The van der Waals surface area contributed by atoms with Crippen molar-refractivity contribution in [3.63, 3.8) is 0 Å². The van der Waals surface area contributed by atoms with Crippen LogP contribution in [0.5, 0.6) is 11.5 Å². The standard InChI is InChI=1S/C12H15NO2/c1-2-10(13-5-1)6-9-3-4-11-12(7-9)15-8-14-11/h3-4,7,10,13H,1-2,5-6,8H2/t10-/m0/s1. The van der Waals surface area contributed by atoms with Crippen molar-refractivity contribution in [2.24, 2.45) is 0 Å². The minimum atomic E-state index is 0.362. The molecule has 0 amide bonds. The summed E-state index contributed by atoms with van der Waals surface area (Å²) in [6.07, 6.45) is 3.68.